The fourth-order valence-corrected chi connectivity index (χ4v) is 3.43. The van der Waals surface area contributed by atoms with Gasteiger partial charge in [-0.25, -0.2) is 0 Å². The number of hydrogen-bond acceptors (Lipinski definition) is 6. The first-order chi connectivity index (χ1) is 15.2. The Kier molecular flexibility index (Phi) is 8.21. The molecule has 2 aromatic carbocycles. The van der Waals surface area contributed by atoms with Crippen molar-refractivity contribution in [3.63, 3.8) is 0 Å². The van der Waals surface area contributed by atoms with Crippen LogP contribution in [0.3, 0.4) is 0 Å². The highest BCUT2D eigenvalue weighted by Crippen LogP contribution is 2.13. The Morgan fingerprint density at radius 1 is 0.719 bits per heavy atom. The summed E-state index contributed by atoms with van der Waals surface area (Å²) >= 11 is 0. The lowest BCUT2D eigenvalue weighted by Gasteiger charge is -2.15. The molecule has 32 heavy (non-hydrogen) atoms. The fraction of sp³-hybridized carbons (Fsp3) is 0.304. The molecule has 0 unspecified atom stereocenters. The van der Waals surface area contributed by atoms with Crippen LogP contribution in [-0.2, 0) is 9.59 Å². The van der Waals surface area contributed by atoms with E-state index in [9.17, 15) is 9.59 Å². The quantitative estimate of drug-likeness (QED) is 0.503. The van der Waals surface area contributed by atoms with Gasteiger partial charge < -0.3 is 21.3 Å². The van der Waals surface area contributed by atoms with E-state index in [-0.39, 0.29) is 30.6 Å². The number of carbonyl (C=O) groups excluding carboxylic acids is 2. The van der Waals surface area contributed by atoms with Crippen LogP contribution >= 0.6 is 12.4 Å². The zero-order valence-electron chi connectivity index (χ0n) is 17.7. The second-order valence-corrected chi connectivity index (χ2v) is 7.45. The molecule has 4 N–H and O–H groups in total. The molecule has 168 valence electrons. The molecule has 2 amide bonds. The van der Waals surface area contributed by atoms with E-state index in [0.717, 1.165) is 61.8 Å². The third-order valence-electron chi connectivity index (χ3n) is 5.00. The Balaban J connectivity index is 0.00000289. The van der Waals surface area contributed by atoms with E-state index in [1.165, 1.54) is 0 Å². The van der Waals surface area contributed by atoms with Crippen molar-refractivity contribution < 1.29 is 9.59 Å². The largest absolute Gasteiger partial charge is 0.370 e. The molecule has 0 aromatic heterocycles. The van der Waals surface area contributed by atoms with Gasteiger partial charge in [-0.1, -0.05) is 0 Å². The van der Waals surface area contributed by atoms with Crippen LogP contribution in [0.4, 0.5) is 11.4 Å². The third-order valence-corrected chi connectivity index (χ3v) is 5.00. The predicted molar refractivity (Wildman–Crippen MR) is 130 cm³/mol. The first-order valence-electron chi connectivity index (χ1n) is 10.5. The number of anilines is 2. The minimum Gasteiger partial charge on any atom is -0.370 e. The molecule has 0 radical (unpaired) electrons. The maximum absolute atomic E-state index is 12.2. The van der Waals surface area contributed by atoms with Gasteiger partial charge in [-0.15, -0.1) is 12.4 Å². The van der Waals surface area contributed by atoms with Gasteiger partial charge in [-0.2, -0.15) is 0 Å². The number of rotatable bonds is 6. The van der Waals surface area contributed by atoms with Crippen molar-refractivity contribution in [3.05, 3.63) is 59.7 Å². The summed E-state index contributed by atoms with van der Waals surface area (Å²) in [5.41, 5.74) is 3.24. The van der Waals surface area contributed by atoms with Crippen LogP contribution in [0, 0.1) is 0 Å². The van der Waals surface area contributed by atoms with Gasteiger partial charge in [0.2, 0.25) is 11.8 Å². The maximum atomic E-state index is 12.2. The number of benzene rings is 2. The van der Waals surface area contributed by atoms with Crippen LogP contribution in [0.5, 0.6) is 0 Å². The van der Waals surface area contributed by atoms with Gasteiger partial charge in [-0.05, 0) is 61.4 Å². The van der Waals surface area contributed by atoms with E-state index in [1.807, 2.05) is 48.5 Å². The smallest absolute Gasteiger partial charge is 0.233 e. The first kappa shape index (κ1) is 23.3. The Hall–Kier alpha value is -3.39. The SMILES string of the molecule is Cl.O=C(CC(=O)Nc1ccc(C2=NCCCN2)cc1)Nc1ccc(C2=NCCCN2)cc1. The number of aliphatic imine (C=N–C) groups is 2. The number of amidine groups is 2. The van der Waals surface area contributed by atoms with Crippen LogP contribution in [0.1, 0.15) is 30.4 Å². The van der Waals surface area contributed by atoms with Gasteiger partial charge in [0.05, 0.1) is 0 Å². The highest BCUT2D eigenvalue weighted by Gasteiger charge is 2.12. The second-order valence-electron chi connectivity index (χ2n) is 7.45. The predicted octanol–water partition coefficient (Wildman–Crippen LogP) is 2.56. The van der Waals surface area contributed by atoms with E-state index < -0.39 is 0 Å². The summed E-state index contributed by atoms with van der Waals surface area (Å²) in [6.07, 6.45) is 1.82. The number of carbonyl (C=O) groups is 2. The van der Waals surface area contributed by atoms with Gasteiger partial charge in [0.1, 0.15) is 18.1 Å². The molecule has 0 bridgehead atoms. The van der Waals surface area contributed by atoms with E-state index in [1.54, 1.807) is 0 Å². The van der Waals surface area contributed by atoms with Crippen molar-refractivity contribution in [1.82, 2.24) is 10.6 Å². The maximum Gasteiger partial charge on any atom is 0.233 e. The van der Waals surface area contributed by atoms with Gasteiger partial charge >= 0.3 is 0 Å². The summed E-state index contributed by atoms with van der Waals surface area (Å²) in [5.74, 6) is 1.02. The monoisotopic (exact) mass is 454 g/mol. The van der Waals surface area contributed by atoms with Crippen molar-refractivity contribution in [2.45, 2.75) is 19.3 Å². The molecule has 0 fully saturated rings. The molecule has 2 heterocycles. The molecule has 9 heteroatoms. The van der Waals surface area contributed by atoms with Crippen LogP contribution in [0.25, 0.3) is 0 Å². The van der Waals surface area contributed by atoms with Crippen molar-refractivity contribution in [3.8, 4) is 0 Å². The van der Waals surface area contributed by atoms with E-state index in [0.29, 0.717) is 11.4 Å². The zero-order valence-corrected chi connectivity index (χ0v) is 18.5. The number of nitrogens with zero attached hydrogens (tertiary/aromatic N) is 2. The minimum atomic E-state index is -0.365. The first-order valence-corrected chi connectivity index (χ1v) is 10.5. The van der Waals surface area contributed by atoms with E-state index in [4.69, 9.17) is 0 Å². The summed E-state index contributed by atoms with van der Waals surface area (Å²) in [6, 6.07) is 14.9. The third kappa shape index (κ3) is 6.31. The molecule has 2 aliphatic rings. The zero-order chi connectivity index (χ0) is 21.5. The molecular formula is C23H27ClN6O2. The molecule has 8 nitrogen and oxygen atoms in total. The molecule has 0 atom stereocenters. The number of amides is 2. The lowest BCUT2D eigenvalue weighted by molar-refractivity contribution is -0.123. The van der Waals surface area contributed by atoms with Crippen LogP contribution < -0.4 is 21.3 Å². The number of hydrogen-bond donors (Lipinski definition) is 4. The van der Waals surface area contributed by atoms with Crippen molar-refractivity contribution in [2.75, 3.05) is 36.8 Å². The summed E-state index contributed by atoms with van der Waals surface area (Å²) in [7, 11) is 0. The summed E-state index contributed by atoms with van der Waals surface area (Å²) in [5, 5.41) is 12.0. The average Bonchev–Trinajstić information content (AvgIpc) is 2.81. The molecule has 4 rings (SSSR count). The van der Waals surface area contributed by atoms with Gasteiger partial charge in [0.25, 0.3) is 0 Å². The van der Waals surface area contributed by atoms with Gasteiger partial charge in [0, 0.05) is 48.7 Å². The van der Waals surface area contributed by atoms with Crippen molar-refractivity contribution in [1.29, 1.82) is 0 Å². The summed E-state index contributed by atoms with van der Waals surface area (Å²) in [6.45, 7) is 3.48. The molecule has 0 saturated heterocycles. The number of halogens is 1. The number of nitrogens with one attached hydrogen (secondary N) is 4. The minimum absolute atomic E-state index is 0. The molecule has 0 aliphatic carbocycles. The lowest BCUT2D eigenvalue weighted by Crippen LogP contribution is -2.30. The molecule has 0 spiro atoms. The van der Waals surface area contributed by atoms with Gasteiger partial charge in [0.15, 0.2) is 0 Å². The van der Waals surface area contributed by atoms with Crippen molar-refractivity contribution >= 4 is 47.3 Å². The average molecular weight is 455 g/mol. The molecule has 2 aromatic rings. The van der Waals surface area contributed by atoms with Crippen molar-refractivity contribution in [2.24, 2.45) is 9.98 Å². The van der Waals surface area contributed by atoms with E-state index >= 15 is 0 Å². The Bertz CT molecular complexity index is 921. The van der Waals surface area contributed by atoms with Crippen LogP contribution in [-0.4, -0.2) is 49.7 Å². The summed E-state index contributed by atoms with van der Waals surface area (Å²) in [4.78, 5) is 33.4. The highest BCUT2D eigenvalue weighted by molar-refractivity contribution is 6.08. The van der Waals surface area contributed by atoms with Crippen LogP contribution in [0.15, 0.2) is 58.5 Å². The Morgan fingerprint density at radius 3 is 1.47 bits per heavy atom. The standard InChI is InChI=1S/C23H26N6O2.ClH/c30-20(28-18-7-3-16(4-8-18)22-24-11-1-12-25-22)15-21(31)29-19-9-5-17(6-10-19)23-26-13-2-14-27-23;/h3-10H,1-2,11-15H2,(H,24,25)(H,26,27)(H,28,30)(H,29,31);1H. The van der Waals surface area contributed by atoms with Crippen LogP contribution in [0.2, 0.25) is 0 Å². The fourth-order valence-electron chi connectivity index (χ4n) is 3.43. The molecule has 2 aliphatic heterocycles. The summed E-state index contributed by atoms with van der Waals surface area (Å²) < 4.78 is 0. The molecular weight excluding hydrogens is 428 g/mol. The highest BCUT2D eigenvalue weighted by atomic mass is 35.5. The Labute approximate surface area is 193 Å². The Morgan fingerprint density at radius 2 is 1.12 bits per heavy atom. The second kappa shape index (κ2) is 11.3. The topological polar surface area (TPSA) is 107 Å². The van der Waals surface area contributed by atoms with E-state index in [2.05, 4.69) is 31.3 Å². The molecule has 0 saturated carbocycles. The lowest BCUT2D eigenvalue weighted by atomic mass is 10.1. The van der Waals surface area contributed by atoms with Gasteiger partial charge in [-0.3, -0.25) is 19.6 Å². The normalized spacial score (nSPS) is 15.1.